The van der Waals surface area contributed by atoms with Crippen LogP contribution in [0.4, 0.5) is 0 Å². The topological polar surface area (TPSA) is 51.4 Å². The summed E-state index contributed by atoms with van der Waals surface area (Å²) in [6, 6.07) is 0. The normalized spacial score (nSPS) is 2.00. The van der Waals surface area contributed by atoms with Gasteiger partial charge < -0.3 is 34.0 Å². The summed E-state index contributed by atoms with van der Waals surface area (Å²) in [6.07, 6.45) is 0. The van der Waals surface area contributed by atoms with Crippen LogP contribution in [0.1, 0.15) is 0 Å². The van der Waals surface area contributed by atoms with Gasteiger partial charge in [0, 0.05) is 0 Å². The van der Waals surface area contributed by atoms with Gasteiger partial charge in [-0.1, -0.05) is 10.2 Å². The molecule has 3 nitrogen and oxygen atoms in total. The van der Waals surface area contributed by atoms with Crippen LogP contribution in [0.5, 0.6) is 0 Å². The summed E-state index contributed by atoms with van der Waals surface area (Å²) < 4.78 is 1.75. The Hall–Kier alpha value is 0.879. The Balaban J connectivity index is -0.00000000667. The third-order valence-corrected chi connectivity index (χ3v) is 0. The molecule has 0 aliphatic carbocycles. The van der Waals surface area contributed by atoms with Crippen molar-refractivity contribution in [2.75, 3.05) is 0 Å². The molecule has 0 unspecified atom stereocenters. The number of hydrogen-bond donors (Lipinski definition) is 0. The molecule has 43 valence electrons. The van der Waals surface area contributed by atoms with Crippen molar-refractivity contribution in [3.8, 4) is 0 Å². The van der Waals surface area contributed by atoms with Crippen LogP contribution in [-0.4, -0.2) is 0 Å². The summed E-state index contributed by atoms with van der Waals surface area (Å²) in [5.41, 5.74) is 0. The predicted octanol–water partition coefficient (Wildman–Crippen LogP) is -7.12. The van der Waals surface area contributed by atoms with E-state index >= 15 is 0 Å². The Morgan fingerprint density at radius 1 is 1.33 bits per heavy atom. The van der Waals surface area contributed by atoms with E-state index in [4.69, 9.17) is 10.2 Å². The van der Waals surface area contributed by atoms with Crippen LogP contribution in [0.2, 0.25) is 0 Å². The number of halogens is 2. The molecule has 0 aromatic heterocycles. The van der Waals surface area contributed by atoms with E-state index in [9.17, 15) is 0 Å². The van der Waals surface area contributed by atoms with E-state index in [2.05, 4.69) is 0 Å². The maximum absolute atomic E-state index is 7.88. The minimum absolute atomic E-state index is 0. The van der Waals surface area contributed by atoms with Gasteiger partial charge >= 0.3 is 17.1 Å². The van der Waals surface area contributed by atoms with Crippen LogP contribution in [0.25, 0.3) is 0 Å². The molecule has 0 rings (SSSR count). The van der Waals surface area contributed by atoms with E-state index in [1.165, 1.54) is 0 Å². The zero-order valence-electron chi connectivity index (χ0n) is 2.28. The summed E-state index contributed by atoms with van der Waals surface area (Å²) in [7, 11) is 0. The predicted molar refractivity (Wildman–Crippen MR) is 6.73 cm³/mol. The fourth-order valence-corrected chi connectivity index (χ4v) is 0. The van der Waals surface area contributed by atoms with Gasteiger partial charge in [-0.25, -0.2) is 0 Å². The van der Waals surface area contributed by atoms with Crippen molar-refractivity contribution < 1.29 is 56.3 Å². The minimum Gasteiger partial charge on any atom is -1.00 e. The second-order valence-corrected chi connectivity index (χ2v) is 0.0680. The molecule has 0 fully saturated rings. The molecule has 0 amide bonds. The van der Waals surface area contributed by atoms with Crippen molar-refractivity contribution in [1.82, 2.24) is 0 Å². The summed E-state index contributed by atoms with van der Waals surface area (Å²) in [5, 5.41) is 7.88. The van der Waals surface area contributed by atoms with Crippen molar-refractivity contribution in [3.63, 3.8) is 0 Å². The van der Waals surface area contributed by atoms with Crippen molar-refractivity contribution in [3.05, 3.63) is 9.71 Å². The first-order valence-electron chi connectivity index (χ1n) is 0.333. The van der Waals surface area contributed by atoms with Crippen molar-refractivity contribution >= 4 is 0 Å². The van der Waals surface area contributed by atoms with Gasteiger partial charge in [-0.3, -0.25) is 0 Å². The molecule has 6 heavy (non-hydrogen) atoms. The molecule has 1 radical (unpaired) electrons. The number of hydrogen-bond acceptors (Lipinski definition) is 2. The molecule has 0 atom stereocenters. The molecule has 0 aromatic carbocycles. The quantitative estimate of drug-likeness (QED) is 0.190. The van der Waals surface area contributed by atoms with Crippen LogP contribution < -0.4 is 39.2 Å². The molecular formula is Br2CuO3. The van der Waals surface area contributed by atoms with Gasteiger partial charge in [0.1, 0.15) is 0 Å². The molecule has 0 spiro atoms. The van der Waals surface area contributed by atoms with Crippen LogP contribution in [0, 0.1) is 9.71 Å². The molecular weight excluding hydrogens is 271 g/mol. The van der Waals surface area contributed by atoms with E-state index in [0.29, 0.717) is 0 Å². The van der Waals surface area contributed by atoms with E-state index in [-0.39, 0.29) is 51.0 Å². The maximum atomic E-state index is 7.88. The molecule has 0 saturated heterocycles. The molecule has 0 N–H and O–H groups in total. The van der Waals surface area contributed by atoms with Gasteiger partial charge in [-0.05, 0) is 0 Å². The first kappa shape index (κ1) is 28.7. The molecule has 0 aliphatic rings. The summed E-state index contributed by atoms with van der Waals surface area (Å²) in [4.78, 5) is 7.88. The Labute approximate surface area is 66.0 Å². The summed E-state index contributed by atoms with van der Waals surface area (Å²) in [6.45, 7) is 0. The molecule has 0 bridgehead atoms. The van der Waals surface area contributed by atoms with Gasteiger partial charge in [0.05, 0.1) is 0 Å². The molecule has 0 aliphatic heterocycles. The first-order valence-corrected chi connectivity index (χ1v) is 0.333. The minimum atomic E-state index is 0. The van der Waals surface area contributed by atoms with Crippen molar-refractivity contribution in [2.24, 2.45) is 0 Å². The van der Waals surface area contributed by atoms with E-state index < -0.39 is 0 Å². The Bertz CT molecular complexity index is 16.3. The maximum Gasteiger partial charge on any atom is 2.00 e. The van der Waals surface area contributed by atoms with Gasteiger partial charge in [0.2, 0.25) is 0 Å². The Morgan fingerprint density at radius 3 is 1.33 bits per heavy atom. The van der Waals surface area contributed by atoms with Crippen LogP contribution >= 0.6 is 0 Å². The second-order valence-electron chi connectivity index (χ2n) is 0.0680. The second kappa shape index (κ2) is 39.6. The Morgan fingerprint density at radius 2 is 1.33 bits per heavy atom. The third-order valence-electron chi connectivity index (χ3n) is 0. The average molecular weight is 271 g/mol. The molecule has 0 aromatic rings. The summed E-state index contributed by atoms with van der Waals surface area (Å²) in [5.74, 6) is 0. The van der Waals surface area contributed by atoms with Crippen molar-refractivity contribution in [1.29, 1.82) is 0 Å². The first-order chi connectivity index (χ1) is 1.41. The smallest absolute Gasteiger partial charge is 1.00 e. The van der Waals surface area contributed by atoms with Gasteiger partial charge in [-0.15, -0.1) is 0 Å². The molecule has 6 heteroatoms. The largest absolute Gasteiger partial charge is 2.00 e. The van der Waals surface area contributed by atoms with Gasteiger partial charge in [0.25, 0.3) is 0 Å². The monoisotopic (exact) mass is 269 g/mol. The number of rotatable bonds is 0. The fraction of sp³-hybridized carbons (Fsp3) is 0. The van der Waals surface area contributed by atoms with Crippen LogP contribution in [0.3, 0.4) is 0 Å². The molecule has 0 saturated carbocycles. The van der Waals surface area contributed by atoms with Gasteiger partial charge in [0.15, 0.2) is 4.75 Å². The average Bonchev–Trinajstić information content (AvgIpc) is 0.918. The standard InChI is InChI=1S/2BrH.Cu.O3/c;;;1-3-2/h2*1H;;/q;;+2;/p-2. The van der Waals surface area contributed by atoms with Gasteiger partial charge in [-0.2, -0.15) is 0 Å². The Kier molecular flexibility index (Phi) is 189. The third kappa shape index (κ3) is 94.9. The van der Waals surface area contributed by atoms with Crippen molar-refractivity contribution in [2.45, 2.75) is 0 Å². The molecule has 0 heterocycles. The van der Waals surface area contributed by atoms with Crippen LogP contribution in [0.15, 0.2) is 0 Å². The fourth-order valence-electron chi connectivity index (χ4n) is 0. The van der Waals surface area contributed by atoms with Crippen LogP contribution in [-0.2, 0) is 17.1 Å². The van der Waals surface area contributed by atoms with E-state index in [0.717, 1.165) is 0 Å². The van der Waals surface area contributed by atoms with E-state index in [1.807, 2.05) is 0 Å². The zero-order valence-corrected chi connectivity index (χ0v) is 6.40. The van der Waals surface area contributed by atoms with E-state index in [1.54, 1.807) is 4.75 Å². The zero-order chi connectivity index (χ0) is 2.71. The summed E-state index contributed by atoms with van der Waals surface area (Å²) >= 11 is 0. The SMILES string of the molecule is O=[O+][O-].[Br-].[Br-].[Cu+2].